The van der Waals surface area contributed by atoms with E-state index in [1.807, 2.05) is 4.90 Å². The number of morpholine rings is 1. The number of carbonyl (C=O) groups is 1. The minimum Gasteiger partial charge on any atom is -0.366 e. The number of ether oxygens (including phenoxy) is 1. The van der Waals surface area contributed by atoms with Crippen LogP contribution in [-0.2, 0) is 9.53 Å². The molecule has 0 aromatic heterocycles. The third-order valence-electron chi connectivity index (χ3n) is 3.63. The van der Waals surface area contributed by atoms with E-state index in [1.54, 1.807) is 0 Å². The first-order chi connectivity index (χ1) is 7.20. The molecular weight excluding hydrogens is 192 g/mol. The number of nitrogens with zero attached hydrogens (tertiary/aromatic N) is 1. The van der Waals surface area contributed by atoms with E-state index in [-0.39, 0.29) is 12.0 Å². The van der Waals surface area contributed by atoms with Gasteiger partial charge < -0.3 is 15.0 Å². The van der Waals surface area contributed by atoms with Crippen molar-refractivity contribution in [2.24, 2.45) is 5.92 Å². The summed E-state index contributed by atoms with van der Waals surface area (Å²) in [5.74, 6) is 0.782. The molecule has 4 nitrogen and oxygen atoms in total. The number of amides is 1. The molecule has 2 rings (SSSR count). The zero-order valence-electron chi connectivity index (χ0n) is 9.53. The lowest BCUT2D eigenvalue weighted by molar-refractivity contribution is -0.146. The zero-order valence-corrected chi connectivity index (χ0v) is 9.53. The number of hydrogen-bond acceptors (Lipinski definition) is 3. The van der Waals surface area contributed by atoms with Crippen molar-refractivity contribution in [2.75, 3.05) is 26.2 Å². The first-order valence-electron chi connectivity index (χ1n) is 5.83. The van der Waals surface area contributed by atoms with E-state index in [4.69, 9.17) is 4.74 Å². The summed E-state index contributed by atoms with van der Waals surface area (Å²) in [5, 5.41) is 3.19. The zero-order chi connectivity index (χ0) is 10.8. The highest BCUT2D eigenvalue weighted by molar-refractivity contribution is 5.82. The summed E-state index contributed by atoms with van der Waals surface area (Å²) in [6, 6.07) is 0.364. The molecule has 2 saturated heterocycles. The summed E-state index contributed by atoms with van der Waals surface area (Å²) in [4.78, 5) is 14.1. The average Bonchev–Trinajstić information content (AvgIpc) is 2.60. The van der Waals surface area contributed by atoms with Gasteiger partial charge in [0.1, 0.15) is 6.10 Å². The Morgan fingerprint density at radius 1 is 1.47 bits per heavy atom. The molecule has 0 aromatic rings. The first-order valence-corrected chi connectivity index (χ1v) is 5.83. The monoisotopic (exact) mass is 212 g/mol. The molecule has 86 valence electrons. The van der Waals surface area contributed by atoms with Gasteiger partial charge in [0.15, 0.2) is 0 Å². The third kappa shape index (κ3) is 2.16. The molecule has 3 atom stereocenters. The van der Waals surface area contributed by atoms with Crippen LogP contribution in [0.3, 0.4) is 0 Å². The molecule has 0 spiro atoms. The summed E-state index contributed by atoms with van der Waals surface area (Å²) in [5.41, 5.74) is 0. The Labute approximate surface area is 91.0 Å². The number of likely N-dealkylation sites (tertiary alicyclic amines) is 1. The Morgan fingerprint density at radius 3 is 2.80 bits per heavy atom. The lowest BCUT2D eigenvalue weighted by Crippen LogP contribution is -2.50. The normalized spacial score (nSPS) is 36.9. The molecule has 0 radical (unpaired) electrons. The summed E-state index contributed by atoms with van der Waals surface area (Å²) in [7, 11) is 0. The predicted octanol–water partition coefficient (Wildman–Crippen LogP) is 0.232. The van der Waals surface area contributed by atoms with E-state index in [9.17, 15) is 4.79 Å². The summed E-state index contributed by atoms with van der Waals surface area (Å²) in [6.45, 7) is 7.39. The maximum atomic E-state index is 12.1. The molecular formula is C11H20N2O2. The lowest BCUT2D eigenvalue weighted by Gasteiger charge is -2.30. The molecule has 4 heteroatoms. The van der Waals surface area contributed by atoms with Gasteiger partial charge in [-0.1, -0.05) is 6.92 Å². The van der Waals surface area contributed by atoms with Gasteiger partial charge in [-0.25, -0.2) is 0 Å². The van der Waals surface area contributed by atoms with Crippen molar-refractivity contribution in [2.45, 2.75) is 32.4 Å². The molecule has 0 saturated carbocycles. The van der Waals surface area contributed by atoms with Crippen LogP contribution < -0.4 is 5.32 Å². The fraction of sp³-hybridized carbons (Fsp3) is 0.909. The standard InChI is InChI=1S/C11H20N2O2/c1-8-3-5-13(9(8)2)11(14)10-7-12-4-6-15-10/h8-10,12H,3-7H2,1-2H3/t8?,9?,10-/m1/s1. The topological polar surface area (TPSA) is 41.6 Å². The van der Waals surface area contributed by atoms with Crippen LogP contribution in [-0.4, -0.2) is 49.2 Å². The molecule has 2 aliphatic heterocycles. The third-order valence-corrected chi connectivity index (χ3v) is 3.63. The second kappa shape index (κ2) is 4.49. The number of rotatable bonds is 1. The number of hydrogen-bond donors (Lipinski definition) is 1. The van der Waals surface area contributed by atoms with Gasteiger partial charge in [-0.3, -0.25) is 4.79 Å². The van der Waals surface area contributed by atoms with Crippen molar-refractivity contribution >= 4 is 5.91 Å². The van der Waals surface area contributed by atoms with Gasteiger partial charge in [-0.2, -0.15) is 0 Å². The molecule has 0 aromatic carbocycles. The minimum atomic E-state index is -0.258. The van der Waals surface area contributed by atoms with Crippen molar-refractivity contribution in [1.82, 2.24) is 10.2 Å². The van der Waals surface area contributed by atoms with Gasteiger partial charge in [0.05, 0.1) is 6.61 Å². The van der Waals surface area contributed by atoms with Gasteiger partial charge in [-0.05, 0) is 19.3 Å². The predicted molar refractivity (Wildman–Crippen MR) is 57.6 cm³/mol. The van der Waals surface area contributed by atoms with Crippen LogP contribution in [0.25, 0.3) is 0 Å². The Bertz CT molecular complexity index is 239. The highest BCUT2D eigenvalue weighted by Gasteiger charge is 2.35. The highest BCUT2D eigenvalue weighted by Crippen LogP contribution is 2.24. The molecule has 2 fully saturated rings. The molecule has 2 heterocycles. The summed E-state index contributed by atoms with van der Waals surface area (Å²) in [6.07, 6.45) is 0.860. The summed E-state index contributed by atoms with van der Waals surface area (Å²) < 4.78 is 5.48. The Kier molecular flexibility index (Phi) is 3.26. The van der Waals surface area contributed by atoms with E-state index in [0.717, 1.165) is 19.5 Å². The van der Waals surface area contributed by atoms with Crippen molar-refractivity contribution in [1.29, 1.82) is 0 Å². The Morgan fingerprint density at radius 2 is 2.27 bits per heavy atom. The van der Waals surface area contributed by atoms with Crippen LogP contribution in [0.5, 0.6) is 0 Å². The lowest BCUT2D eigenvalue weighted by atomic mass is 10.1. The van der Waals surface area contributed by atoms with E-state index in [0.29, 0.717) is 25.1 Å². The maximum absolute atomic E-state index is 12.1. The molecule has 0 aliphatic carbocycles. The van der Waals surface area contributed by atoms with Crippen LogP contribution in [0.4, 0.5) is 0 Å². The molecule has 2 unspecified atom stereocenters. The fourth-order valence-corrected chi connectivity index (χ4v) is 2.31. The van der Waals surface area contributed by atoms with Crippen molar-refractivity contribution < 1.29 is 9.53 Å². The second-order valence-corrected chi connectivity index (χ2v) is 4.60. The fourth-order valence-electron chi connectivity index (χ4n) is 2.31. The van der Waals surface area contributed by atoms with E-state index in [1.165, 1.54) is 0 Å². The Hall–Kier alpha value is -0.610. The van der Waals surface area contributed by atoms with Gasteiger partial charge in [0.25, 0.3) is 5.91 Å². The van der Waals surface area contributed by atoms with Gasteiger partial charge in [0, 0.05) is 25.7 Å². The molecule has 2 aliphatic rings. The van der Waals surface area contributed by atoms with Crippen LogP contribution in [0.1, 0.15) is 20.3 Å². The number of nitrogens with one attached hydrogen (secondary N) is 1. The van der Waals surface area contributed by atoms with Crippen LogP contribution in [0.15, 0.2) is 0 Å². The molecule has 1 N–H and O–H groups in total. The van der Waals surface area contributed by atoms with E-state index in [2.05, 4.69) is 19.2 Å². The van der Waals surface area contributed by atoms with Crippen LogP contribution in [0.2, 0.25) is 0 Å². The van der Waals surface area contributed by atoms with Gasteiger partial charge in [-0.15, -0.1) is 0 Å². The second-order valence-electron chi connectivity index (χ2n) is 4.60. The maximum Gasteiger partial charge on any atom is 0.253 e. The average molecular weight is 212 g/mol. The largest absolute Gasteiger partial charge is 0.366 e. The quantitative estimate of drug-likeness (QED) is 0.676. The van der Waals surface area contributed by atoms with E-state index >= 15 is 0 Å². The van der Waals surface area contributed by atoms with Gasteiger partial charge in [0.2, 0.25) is 0 Å². The minimum absolute atomic E-state index is 0.166. The van der Waals surface area contributed by atoms with Gasteiger partial charge >= 0.3 is 0 Å². The van der Waals surface area contributed by atoms with Crippen molar-refractivity contribution in [3.05, 3.63) is 0 Å². The van der Waals surface area contributed by atoms with Crippen LogP contribution in [0, 0.1) is 5.92 Å². The first kappa shape index (κ1) is 10.9. The molecule has 0 bridgehead atoms. The van der Waals surface area contributed by atoms with E-state index < -0.39 is 0 Å². The summed E-state index contributed by atoms with van der Waals surface area (Å²) >= 11 is 0. The SMILES string of the molecule is CC1CCN(C(=O)[C@H]2CNCCO2)C1C. The smallest absolute Gasteiger partial charge is 0.253 e. The van der Waals surface area contributed by atoms with Crippen molar-refractivity contribution in [3.63, 3.8) is 0 Å². The Balaban J connectivity index is 1.95. The van der Waals surface area contributed by atoms with Crippen molar-refractivity contribution in [3.8, 4) is 0 Å². The number of carbonyl (C=O) groups excluding carboxylic acids is 1. The molecule has 15 heavy (non-hydrogen) atoms. The van der Waals surface area contributed by atoms with Crippen LogP contribution >= 0.6 is 0 Å². The molecule has 1 amide bonds. The highest BCUT2D eigenvalue weighted by atomic mass is 16.5.